The summed E-state index contributed by atoms with van der Waals surface area (Å²) < 4.78 is 5.46. The van der Waals surface area contributed by atoms with Gasteiger partial charge < -0.3 is 10.1 Å². The second-order valence-corrected chi connectivity index (χ2v) is 4.43. The van der Waals surface area contributed by atoms with Crippen LogP contribution in [-0.2, 0) is 6.42 Å². The minimum Gasteiger partial charge on any atom is -0.478 e. The van der Waals surface area contributed by atoms with Gasteiger partial charge in [-0.05, 0) is 26.8 Å². The molecule has 1 rings (SSSR count). The van der Waals surface area contributed by atoms with E-state index in [1.165, 1.54) is 12.8 Å². The van der Waals surface area contributed by atoms with Gasteiger partial charge in [0.15, 0.2) is 0 Å². The first-order valence-electron chi connectivity index (χ1n) is 6.90. The van der Waals surface area contributed by atoms with Crippen molar-refractivity contribution in [2.45, 2.75) is 53.0 Å². The van der Waals surface area contributed by atoms with Crippen LogP contribution in [-0.4, -0.2) is 29.2 Å². The standard InChI is InChI=1S/C14H25N3O/c1-5-8-12(15-6-2)9-13-10-14(18-7-3)17-11(4)16-13/h10,12,15H,5-9H2,1-4H3. The summed E-state index contributed by atoms with van der Waals surface area (Å²) in [4.78, 5) is 8.76. The molecule has 18 heavy (non-hydrogen) atoms. The maximum Gasteiger partial charge on any atom is 0.216 e. The number of hydrogen-bond donors (Lipinski definition) is 1. The van der Waals surface area contributed by atoms with Crippen LogP contribution in [0.1, 0.15) is 45.1 Å². The quantitative estimate of drug-likeness (QED) is 0.771. The van der Waals surface area contributed by atoms with E-state index in [0.717, 1.165) is 24.5 Å². The van der Waals surface area contributed by atoms with Crippen LogP contribution in [0, 0.1) is 6.92 Å². The van der Waals surface area contributed by atoms with Crippen molar-refractivity contribution in [1.82, 2.24) is 15.3 Å². The average Bonchev–Trinajstić information content (AvgIpc) is 2.29. The van der Waals surface area contributed by atoms with E-state index in [9.17, 15) is 0 Å². The Morgan fingerprint density at radius 2 is 2.06 bits per heavy atom. The normalized spacial score (nSPS) is 12.4. The minimum atomic E-state index is 0.490. The van der Waals surface area contributed by atoms with Crippen LogP contribution in [0.4, 0.5) is 0 Å². The first-order valence-corrected chi connectivity index (χ1v) is 6.90. The van der Waals surface area contributed by atoms with Gasteiger partial charge in [0, 0.05) is 24.2 Å². The monoisotopic (exact) mass is 251 g/mol. The molecule has 1 aromatic heterocycles. The lowest BCUT2D eigenvalue weighted by molar-refractivity contribution is 0.324. The van der Waals surface area contributed by atoms with Crippen LogP contribution >= 0.6 is 0 Å². The summed E-state index contributed by atoms with van der Waals surface area (Å²) >= 11 is 0. The van der Waals surface area contributed by atoms with Crippen LogP contribution < -0.4 is 10.1 Å². The molecule has 0 aliphatic carbocycles. The lowest BCUT2D eigenvalue weighted by Crippen LogP contribution is -2.31. The molecule has 102 valence electrons. The number of nitrogens with one attached hydrogen (secondary N) is 1. The molecule has 0 fully saturated rings. The Balaban J connectivity index is 2.74. The Hall–Kier alpha value is -1.16. The Kier molecular flexibility index (Phi) is 6.65. The molecule has 0 saturated heterocycles. The topological polar surface area (TPSA) is 47.0 Å². The molecule has 1 unspecified atom stereocenters. The summed E-state index contributed by atoms with van der Waals surface area (Å²) in [7, 11) is 0. The van der Waals surface area contributed by atoms with Crippen molar-refractivity contribution in [3.05, 3.63) is 17.6 Å². The van der Waals surface area contributed by atoms with Gasteiger partial charge >= 0.3 is 0 Å². The lowest BCUT2D eigenvalue weighted by Gasteiger charge is -2.17. The number of rotatable bonds is 8. The third-order valence-corrected chi connectivity index (χ3v) is 2.75. The average molecular weight is 251 g/mol. The molecular weight excluding hydrogens is 226 g/mol. The van der Waals surface area contributed by atoms with E-state index in [1.807, 2.05) is 19.9 Å². The maximum absolute atomic E-state index is 5.46. The van der Waals surface area contributed by atoms with Gasteiger partial charge in [-0.1, -0.05) is 20.3 Å². The first kappa shape index (κ1) is 14.9. The lowest BCUT2D eigenvalue weighted by atomic mass is 10.1. The number of aromatic nitrogens is 2. The number of nitrogens with zero attached hydrogens (tertiary/aromatic N) is 2. The summed E-state index contributed by atoms with van der Waals surface area (Å²) in [5.74, 6) is 1.47. The Labute approximate surface area is 110 Å². The first-order chi connectivity index (χ1) is 8.69. The number of likely N-dealkylation sites (N-methyl/N-ethyl adjacent to an activating group) is 1. The third kappa shape index (κ3) is 5.00. The molecule has 1 N–H and O–H groups in total. The van der Waals surface area contributed by atoms with Gasteiger partial charge in [-0.3, -0.25) is 0 Å². The number of aryl methyl sites for hydroxylation is 1. The van der Waals surface area contributed by atoms with Crippen molar-refractivity contribution in [2.24, 2.45) is 0 Å². The molecule has 0 aromatic carbocycles. The molecule has 0 radical (unpaired) electrons. The summed E-state index contributed by atoms with van der Waals surface area (Å²) in [6.45, 7) is 9.86. The number of ether oxygens (including phenoxy) is 1. The molecule has 0 spiro atoms. The Morgan fingerprint density at radius 1 is 1.28 bits per heavy atom. The Bertz CT molecular complexity index is 349. The molecule has 0 bridgehead atoms. The largest absolute Gasteiger partial charge is 0.478 e. The van der Waals surface area contributed by atoms with Gasteiger partial charge in [-0.2, -0.15) is 4.98 Å². The van der Waals surface area contributed by atoms with E-state index in [-0.39, 0.29) is 0 Å². The fraction of sp³-hybridized carbons (Fsp3) is 0.714. The van der Waals surface area contributed by atoms with Crippen LogP contribution in [0.2, 0.25) is 0 Å². The molecule has 0 aliphatic rings. The smallest absolute Gasteiger partial charge is 0.216 e. The van der Waals surface area contributed by atoms with E-state index in [2.05, 4.69) is 29.1 Å². The molecular formula is C14H25N3O. The van der Waals surface area contributed by atoms with Gasteiger partial charge in [0.1, 0.15) is 5.82 Å². The van der Waals surface area contributed by atoms with Crippen LogP contribution in [0.3, 0.4) is 0 Å². The molecule has 4 heteroatoms. The highest BCUT2D eigenvalue weighted by atomic mass is 16.5. The Morgan fingerprint density at radius 3 is 2.67 bits per heavy atom. The molecule has 0 amide bonds. The predicted molar refractivity (Wildman–Crippen MR) is 74.0 cm³/mol. The molecule has 1 heterocycles. The maximum atomic E-state index is 5.46. The van der Waals surface area contributed by atoms with Crippen LogP contribution in [0.5, 0.6) is 5.88 Å². The van der Waals surface area contributed by atoms with Crippen molar-refractivity contribution < 1.29 is 4.74 Å². The summed E-state index contributed by atoms with van der Waals surface area (Å²) in [5.41, 5.74) is 1.06. The van der Waals surface area contributed by atoms with Gasteiger partial charge in [0.25, 0.3) is 0 Å². The highest BCUT2D eigenvalue weighted by Gasteiger charge is 2.10. The predicted octanol–water partition coefficient (Wildman–Crippen LogP) is 2.50. The third-order valence-electron chi connectivity index (χ3n) is 2.75. The van der Waals surface area contributed by atoms with E-state index in [4.69, 9.17) is 4.74 Å². The van der Waals surface area contributed by atoms with Crippen molar-refractivity contribution in [1.29, 1.82) is 0 Å². The highest BCUT2D eigenvalue weighted by Crippen LogP contribution is 2.12. The molecule has 4 nitrogen and oxygen atoms in total. The molecule has 0 saturated carbocycles. The zero-order valence-corrected chi connectivity index (χ0v) is 12.0. The zero-order chi connectivity index (χ0) is 13.4. The van der Waals surface area contributed by atoms with Gasteiger partial charge in [-0.15, -0.1) is 0 Å². The van der Waals surface area contributed by atoms with E-state index in [0.29, 0.717) is 18.5 Å². The summed E-state index contributed by atoms with van der Waals surface area (Å²) in [5, 5.41) is 3.50. The SMILES string of the molecule is CCCC(Cc1cc(OCC)nc(C)n1)NCC. The van der Waals surface area contributed by atoms with Crippen molar-refractivity contribution in [3.8, 4) is 5.88 Å². The molecule has 1 atom stereocenters. The minimum absolute atomic E-state index is 0.490. The summed E-state index contributed by atoms with van der Waals surface area (Å²) in [6, 6.07) is 2.44. The van der Waals surface area contributed by atoms with Crippen molar-refractivity contribution >= 4 is 0 Å². The van der Waals surface area contributed by atoms with Gasteiger partial charge in [-0.25, -0.2) is 4.98 Å². The van der Waals surface area contributed by atoms with E-state index < -0.39 is 0 Å². The van der Waals surface area contributed by atoms with Gasteiger partial charge in [0.2, 0.25) is 5.88 Å². The zero-order valence-electron chi connectivity index (χ0n) is 12.0. The molecule has 1 aromatic rings. The van der Waals surface area contributed by atoms with Crippen LogP contribution in [0.25, 0.3) is 0 Å². The summed E-state index contributed by atoms with van der Waals surface area (Å²) in [6.07, 6.45) is 3.28. The number of hydrogen-bond acceptors (Lipinski definition) is 4. The second kappa shape index (κ2) is 8.03. The van der Waals surface area contributed by atoms with Gasteiger partial charge in [0.05, 0.1) is 6.61 Å². The van der Waals surface area contributed by atoms with E-state index in [1.54, 1.807) is 0 Å². The van der Waals surface area contributed by atoms with E-state index >= 15 is 0 Å². The van der Waals surface area contributed by atoms with Crippen molar-refractivity contribution in [3.63, 3.8) is 0 Å². The molecule has 0 aliphatic heterocycles. The van der Waals surface area contributed by atoms with Crippen LogP contribution in [0.15, 0.2) is 6.07 Å². The fourth-order valence-electron chi connectivity index (χ4n) is 2.09. The highest BCUT2D eigenvalue weighted by molar-refractivity contribution is 5.17. The second-order valence-electron chi connectivity index (χ2n) is 4.43. The van der Waals surface area contributed by atoms with Crippen molar-refractivity contribution in [2.75, 3.05) is 13.2 Å². The fourth-order valence-corrected chi connectivity index (χ4v) is 2.09.